The number of carboxylic acids is 1. The topological polar surface area (TPSA) is 155 Å². The van der Waals surface area contributed by atoms with E-state index in [0.29, 0.717) is 12.8 Å². The molecular formula is C37H50N4O8. The Morgan fingerprint density at radius 2 is 1.43 bits per heavy atom. The Kier molecular flexibility index (Phi) is 12.8. The molecule has 1 aliphatic heterocycles. The first-order valence-corrected chi connectivity index (χ1v) is 17.1. The van der Waals surface area contributed by atoms with Crippen LogP contribution in [0.5, 0.6) is 0 Å². The highest BCUT2D eigenvalue weighted by Gasteiger charge is 2.42. The second kappa shape index (κ2) is 16.8. The zero-order valence-corrected chi connectivity index (χ0v) is 29.1. The molecule has 4 amide bonds. The minimum atomic E-state index is -1.41. The van der Waals surface area contributed by atoms with Crippen molar-refractivity contribution in [3.8, 4) is 0 Å². The van der Waals surface area contributed by atoms with E-state index in [1.807, 2.05) is 60.7 Å². The second-order valence-corrected chi connectivity index (χ2v) is 13.9. The molecule has 2 aliphatic rings. The lowest BCUT2D eigenvalue weighted by atomic mass is 9.85. The van der Waals surface area contributed by atoms with Crippen molar-refractivity contribution in [2.45, 2.75) is 115 Å². The normalized spacial score (nSPS) is 18.7. The van der Waals surface area contributed by atoms with E-state index in [1.54, 1.807) is 20.8 Å². The number of rotatable bonds is 12. The quantitative estimate of drug-likeness (QED) is 0.279. The number of carbonyl (C=O) groups excluding carboxylic acids is 4. The third-order valence-corrected chi connectivity index (χ3v) is 9.07. The van der Waals surface area contributed by atoms with Crippen LogP contribution in [0.3, 0.4) is 0 Å². The molecule has 0 spiro atoms. The summed E-state index contributed by atoms with van der Waals surface area (Å²) in [6, 6.07) is 14.9. The third kappa shape index (κ3) is 10.0. The van der Waals surface area contributed by atoms with Crippen LogP contribution in [0.1, 0.15) is 89.7 Å². The number of aliphatic carboxylic acids is 1. The number of benzene rings is 2. The van der Waals surface area contributed by atoms with Gasteiger partial charge in [-0.15, -0.1) is 0 Å². The molecule has 0 aromatic heterocycles. The highest BCUT2D eigenvalue weighted by atomic mass is 16.6. The van der Waals surface area contributed by atoms with Crippen LogP contribution in [0.25, 0.3) is 0 Å². The second-order valence-electron chi connectivity index (χ2n) is 13.9. The highest BCUT2D eigenvalue weighted by molar-refractivity contribution is 5.94. The number of nitrogens with one attached hydrogen (secondary N) is 2. The number of amides is 4. The van der Waals surface area contributed by atoms with Crippen molar-refractivity contribution < 1.29 is 38.6 Å². The number of ether oxygens (including phenoxy) is 2. The summed E-state index contributed by atoms with van der Waals surface area (Å²) < 4.78 is 11.6. The first-order valence-electron chi connectivity index (χ1n) is 17.1. The van der Waals surface area contributed by atoms with Gasteiger partial charge in [0.25, 0.3) is 5.91 Å². The van der Waals surface area contributed by atoms with E-state index in [2.05, 4.69) is 10.6 Å². The molecule has 266 valence electrons. The summed E-state index contributed by atoms with van der Waals surface area (Å²) in [5, 5.41) is 15.8. The Bertz CT molecular complexity index is 1400. The predicted molar refractivity (Wildman–Crippen MR) is 182 cm³/mol. The molecule has 0 radical (unpaired) electrons. The minimum absolute atomic E-state index is 0.225. The molecule has 2 fully saturated rings. The molecular weight excluding hydrogens is 628 g/mol. The van der Waals surface area contributed by atoms with Crippen molar-refractivity contribution >= 4 is 29.8 Å². The molecule has 12 nitrogen and oxygen atoms in total. The minimum Gasteiger partial charge on any atom is -0.480 e. The molecule has 1 aliphatic carbocycles. The molecule has 1 unspecified atom stereocenters. The lowest BCUT2D eigenvalue weighted by molar-refractivity contribution is -0.159. The zero-order chi connectivity index (χ0) is 35.7. The van der Waals surface area contributed by atoms with Crippen molar-refractivity contribution in [3.05, 3.63) is 71.8 Å². The van der Waals surface area contributed by atoms with Gasteiger partial charge in [0.15, 0.2) is 0 Å². The highest BCUT2D eigenvalue weighted by Crippen LogP contribution is 2.30. The molecule has 0 bridgehead atoms. The monoisotopic (exact) mass is 678 g/mol. The molecule has 12 heteroatoms. The fraction of sp³-hybridized carbons (Fsp3) is 0.541. The molecule has 4 rings (SSSR count). The molecule has 2 aromatic carbocycles. The summed E-state index contributed by atoms with van der Waals surface area (Å²) in [5.41, 5.74) is 0.668. The van der Waals surface area contributed by atoms with Crippen molar-refractivity contribution in [1.82, 2.24) is 20.4 Å². The number of likely N-dealkylation sites (N-methyl/N-ethyl adjacent to an activating group) is 1. The number of nitrogens with zero attached hydrogens (tertiary/aromatic N) is 2. The smallest absolute Gasteiger partial charge is 0.410 e. The van der Waals surface area contributed by atoms with E-state index >= 15 is 0 Å². The van der Waals surface area contributed by atoms with Gasteiger partial charge in [0.05, 0.1) is 6.10 Å². The van der Waals surface area contributed by atoms with Crippen molar-refractivity contribution in [3.63, 3.8) is 0 Å². The number of hydrogen-bond donors (Lipinski definition) is 3. The summed E-state index contributed by atoms with van der Waals surface area (Å²) in [7, 11) is 1.44. The van der Waals surface area contributed by atoms with Gasteiger partial charge < -0.3 is 30.1 Å². The van der Waals surface area contributed by atoms with Crippen LogP contribution in [0.2, 0.25) is 0 Å². The Labute approximate surface area is 288 Å². The van der Waals surface area contributed by atoms with Crippen LogP contribution in [-0.2, 0) is 28.7 Å². The first-order chi connectivity index (χ1) is 23.3. The van der Waals surface area contributed by atoms with Gasteiger partial charge >= 0.3 is 12.1 Å². The molecule has 3 N–H and O–H groups in total. The Morgan fingerprint density at radius 3 is 1.96 bits per heavy atom. The van der Waals surface area contributed by atoms with Gasteiger partial charge in [0.1, 0.15) is 23.7 Å². The third-order valence-electron chi connectivity index (χ3n) is 9.07. The average molecular weight is 679 g/mol. The fourth-order valence-electron chi connectivity index (χ4n) is 6.35. The van der Waals surface area contributed by atoms with Crippen molar-refractivity contribution in [2.24, 2.45) is 0 Å². The van der Waals surface area contributed by atoms with Gasteiger partial charge in [0, 0.05) is 19.5 Å². The van der Waals surface area contributed by atoms with E-state index in [0.717, 1.165) is 48.1 Å². The summed E-state index contributed by atoms with van der Waals surface area (Å²) >= 11 is 0. The number of carboxylic acid groups (broad SMARTS) is 1. The standard InChI is InChI=1S/C37H50N4O8/c1-24(40(5)36(47)49-37(2,3)4)31(42)39-33(48-27-20-13-8-14-21-27)34(44)41-23-15-22-28(41)32(43)38-30(35(45)46)29(25-16-9-6-10-17-25)26-18-11-7-12-19-26/h6-7,9-12,16-19,24,27-30,33H,8,13-15,20-23H2,1-5H3,(H,38,43)(H,39,42)(H,45,46)/t24-,28-,30-,33?/m0/s1. The lowest BCUT2D eigenvalue weighted by Crippen LogP contribution is -2.59. The molecule has 49 heavy (non-hydrogen) atoms. The van der Waals surface area contributed by atoms with E-state index in [9.17, 15) is 29.1 Å². The summed E-state index contributed by atoms with van der Waals surface area (Å²) in [6.45, 7) is 6.92. The van der Waals surface area contributed by atoms with Crippen LogP contribution in [0.4, 0.5) is 4.79 Å². The zero-order valence-electron chi connectivity index (χ0n) is 29.1. The van der Waals surface area contributed by atoms with Gasteiger partial charge in [-0.3, -0.25) is 19.3 Å². The van der Waals surface area contributed by atoms with Crippen molar-refractivity contribution in [2.75, 3.05) is 13.6 Å². The number of carbonyl (C=O) groups is 5. The first kappa shape index (κ1) is 37.4. The van der Waals surface area contributed by atoms with Gasteiger partial charge in [-0.05, 0) is 64.5 Å². The van der Waals surface area contributed by atoms with Crippen LogP contribution < -0.4 is 10.6 Å². The molecule has 1 saturated carbocycles. The number of hydrogen-bond acceptors (Lipinski definition) is 7. The SMILES string of the molecule is C[C@@H](C(=O)NC(OC1CCCCC1)C(=O)N1CCC[C@H]1C(=O)N[C@H](C(=O)O)C(c1ccccc1)c1ccccc1)N(C)C(=O)OC(C)(C)C. The maximum absolute atomic E-state index is 14.2. The number of likely N-dealkylation sites (tertiary alicyclic amines) is 1. The van der Waals surface area contributed by atoms with Gasteiger partial charge in [0.2, 0.25) is 18.0 Å². The Balaban J connectivity index is 1.55. The predicted octanol–water partition coefficient (Wildman–Crippen LogP) is 4.43. The average Bonchev–Trinajstić information content (AvgIpc) is 3.57. The van der Waals surface area contributed by atoms with Gasteiger partial charge in [-0.25, -0.2) is 9.59 Å². The fourth-order valence-corrected chi connectivity index (χ4v) is 6.35. The van der Waals surface area contributed by atoms with E-state index in [-0.39, 0.29) is 12.6 Å². The van der Waals surface area contributed by atoms with E-state index in [4.69, 9.17) is 9.47 Å². The van der Waals surface area contributed by atoms with Gasteiger partial charge in [-0.2, -0.15) is 0 Å². The van der Waals surface area contributed by atoms with Crippen molar-refractivity contribution in [1.29, 1.82) is 0 Å². The van der Waals surface area contributed by atoms with E-state index < -0.39 is 65.7 Å². The Hall–Kier alpha value is -4.45. The molecule has 1 saturated heterocycles. The molecule has 2 aromatic rings. The van der Waals surface area contributed by atoms with Crippen LogP contribution >= 0.6 is 0 Å². The Morgan fingerprint density at radius 1 is 0.857 bits per heavy atom. The maximum Gasteiger partial charge on any atom is 0.410 e. The summed E-state index contributed by atoms with van der Waals surface area (Å²) in [6.07, 6.45) is 2.78. The lowest BCUT2D eigenvalue weighted by Gasteiger charge is -2.34. The van der Waals surface area contributed by atoms with Crippen LogP contribution in [0.15, 0.2) is 60.7 Å². The van der Waals surface area contributed by atoms with Crippen LogP contribution in [-0.4, -0.2) is 94.3 Å². The van der Waals surface area contributed by atoms with Crippen LogP contribution in [0, 0.1) is 0 Å². The van der Waals surface area contributed by atoms with E-state index in [1.165, 1.54) is 18.9 Å². The van der Waals surface area contributed by atoms with Gasteiger partial charge in [-0.1, -0.05) is 79.9 Å². The maximum atomic E-state index is 14.2. The largest absolute Gasteiger partial charge is 0.480 e. The molecule has 4 atom stereocenters. The molecule has 1 heterocycles. The summed E-state index contributed by atoms with van der Waals surface area (Å²) in [5.74, 6) is -3.73. The summed E-state index contributed by atoms with van der Waals surface area (Å²) in [4.78, 5) is 69.5.